The lowest BCUT2D eigenvalue weighted by atomic mass is 10.1. The summed E-state index contributed by atoms with van der Waals surface area (Å²) in [4.78, 5) is 11.2. The smallest absolute Gasteiger partial charge is 0.185 e. The number of aromatic nitrogens is 2. The highest BCUT2D eigenvalue weighted by Gasteiger charge is 2.04. The normalized spacial score (nSPS) is 11.4. The van der Waals surface area contributed by atoms with Gasteiger partial charge in [0.05, 0.1) is 11.0 Å². The lowest BCUT2D eigenvalue weighted by Gasteiger charge is -2.18. The number of unbranched alkanes of at least 4 members (excludes halogenated alkanes) is 1. The summed E-state index contributed by atoms with van der Waals surface area (Å²) in [5, 5.41) is 10.7. The molecule has 0 saturated carbocycles. The Morgan fingerprint density at radius 3 is 1.79 bits per heavy atom. The Morgan fingerprint density at radius 2 is 1.21 bits per heavy atom. The fourth-order valence-corrected chi connectivity index (χ4v) is 4.30. The molecular formula is C25H28BCl2N5. The van der Waals surface area contributed by atoms with Crippen LogP contribution in [0.2, 0.25) is 10.0 Å². The van der Waals surface area contributed by atoms with Gasteiger partial charge in [-0.1, -0.05) is 23.2 Å². The van der Waals surface area contributed by atoms with Crippen LogP contribution in [-0.4, -0.2) is 48.9 Å². The van der Waals surface area contributed by atoms with Gasteiger partial charge in [-0.3, -0.25) is 9.97 Å². The van der Waals surface area contributed by atoms with E-state index in [0.29, 0.717) is 10.0 Å². The van der Waals surface area contributed by atoms with Gasteiger partial charge in [-0.2, -0.15) is 0 Å². The first-order chi connectivity index (χ1) is 16.1. The number of benzene rings is 2. The maximum Gasteiger partial charge on any atom is 0.185 e. The van der Waals surface area contributed by atoms with Gasteiger partial charge < -0.3 is 15.4 Å². The van der Waals surface area contributed by atoms with Crippen LogP contribution in [0.4, 0.5) is 11.4 Å². The third-order valence-electron chi connectivity index (χ3n) is 5.72. The first-order valence-electron chi connectivity index (χ1n) is 11.3. The average molecular weight is 480 g/mol. The van der Waals surface area contributed by atoms with E-state index in [-0.39, 0.29) is 0 Å². The van der Waals surface area contributed by atoms with Crippen molar-refractivity contribution in [2.45, 2.75) is 19.3 Å². The third-order valence-corrected chi connectivity index (χ3v) is 6.19. The number of nitrogens with zero attached hydrogens (tertiary/aromatic N) is 3. The molecule has 0 spiro atoms. The Hall–Kier alpha value is -2.54. The highest BCUT2D eigenvalue weighted by molar-refractivity contribution is 6.31. The molecule has 0 unspecified atom stereocenters. The highest BCUT2D eigenvalue weighted by atomic mass is 35.5. The predicted octanol–water partition coefficient (Wildman–Crippen LogP) is 5.63. The van der Waals surface area contributed by atoms with Crippen LogP contribution in [-0.2, 0) is 0 Å². The zero-order valence-electron chi connectivity index (χ0n) is 18.8. The summed E-state index contributed by atoms with van der Waals surface area (Å²) in [5.41, 5.74) is 4.06. The van der Waals surface area contributed by atoms with Crippen molar-refractivity contribution in [3.8, 4) is 0 Å². The van der Waals surface area contributed by atoms with E-state index in [9.17, 15) is 0 Å². The van der Waals surface area contributed by atoms with Crippen molar-refractivity contribution in [3.05, 3.63) is 71.0 Å². The summed E-state index contributed by atoms with van der Waals surface area (Å²) < 4.78 is 0. The van der Waals surface area contributed by atoms with E-state index in [4.69, 9.17) is 23.2 Å². The molecule has 0 atom stereocenters. The molecule has 0 fully saturated rings. The number of halogens is 2. The minimum atomic E-state index is 0.711. The van der Waals surface area contributed by atoms with Gasteiger partial charge in [0, 0.05) is 57.7 Å². The number of fused-ring (bicyclic) bond motifs is 2. The van der Waals surface area contributed by atoms with E-state index in [1.54, 1.807) is 0 Å². The van der Waals surface area contributed by atoms with Gasteiger partial charge in [-0.15, -0.1) is 0 Å². The second-order valence-electron chi connectivity index (χ2n) is 8.26. The standard InChI is InChI=1S/C25H28BCl2N5/c26-33(15-3-11-30-23-9-13-32-25-17-19(28)5-7-21(23)25)14-2-1-10-29-22-8-12-31-24-16-18(27)4-6-20(22)24/h4-9,12-13,16-17H,1-3,10-11,14-15,26H2,(H,29,31)(H,30,32). The Morgan fingerprint density at radius 1 is 0.697 bits per heavy atom. The molecule has 4 rings (SSSR count). The Labute approximate surface area is 205 Å². The minimum Gasteiger partial charge on any atom is -0.384 e. The second-order valence-corrected chi connectivity index (χ2v) is 9.13. The van der Waals surface area contributed by atoms with Crippen LogP contribution in [0.25, 0.3) is 21.8 Å². The van der Waals surface area contributed by atoms with E-state index in [0.717, 1.165) is 78.6 Å². The topological polar surface area (TPSA) is 53.1 Å². The van der Waals surface area contributed by atoms with Gasteiger partial charge in [0.1, 0.15) is 0 Å². The molecule has 2 heterocycles. The Bertz CT molecular complexity index is 1220. The van der Waals surface area contributed by atoms with Crippen molar-refractivity contribution in [2.24, 2.45) is 0 Å². The van der Waals surface area contributed by atoms with Gasteiger partial charge in [-0.25, -0.2) is 0 Å². The summed E-state index contributed by atoms with van der Waals surface area (Å²) in [6.07, 6.45) is 7.00. The molecule has 0 radical (unpaired) electrons. The van der Waals surface area contributed by atoms with Gasteiger partial charge in [0.15, 0.2) is 7.98 Å². The van der Waals surface area contributed by atoms with Crippen molar-refractivity contribution in [2.75, 3.05) is 36.8 Å². The SMILES string of the molecule is BN(CCCCNc1ccnc2cc(Cl)ccc12)CCCNc1ccnc2cc(Cl)ccc12. The largest absolute Gasteiger partial charge is 0.384 e. The van der Waals surface area contributed by atoms with E-state index in [2.05, 4.69) is 33.4 Å². The molecule has 0 saturated heterocycles. The van der Waals surface area contributed by atoms with Crippen LogP contribution in [0.15, 0.2) is 60.9 Å². The number of anilines is 2. The molecular weight excluding hydrogens is 452 g/mol. The quantitative estimate of drug-likeness (QED) is 0.215. The molecule has 170 valence electrons. The molecule has 0 aliphatic heterocycles. The van der Waals surface area contributed by atoms with Gasteiger partial charge >= 0.3 is 0 Å². The number of nitrogens with one attached hydrogen (secondary N) is 2. The Kier molecular flexibility index (Phi) is 8.27. The number of hydrogen-bond acceptors (Lipinski definition) is 5. The van der Waals surface area contributed by atoms with E-state index >= 15 is 0 Å². The van der Waals surface area contributed by atoms with Crippen molar-refractivity contribution in [1.29, 1.82) is 0 Å². The highest BCUT2D eigenvalue weighted by Crippen LogP contribution is 2.25. The third kappa shape index (κ3) is 6.50. The van der Waals surface area contributed by atoms with Gasteiger partial charge in [0.25, 0.3) is 0 Å². The average Bonchev–Trinajstić information content (AvgIpc) is 2.81. The molecule has 8 heteroatoms. The van der Waals surface area contributed by atoms with Crippen LogP contribution in [0.3, 0.4) is 0 Å². The molecule has 2 aromatic heterocycles. The summed E-state index contributed by atoms with van der Waals surface area (Å²) >= 11 is 12.2. The van der Waals surface area contributed by atoms with Crippen LogP contribution >= 0.6 is 23.2 Å². The van der Waals surface area contributed by atoms with Gasteiger partial charge in [0.2, 0.25) is 0 Å². The lowest BCUT2D eigenvalue weighted by molar-refractivity contribution is 0.434. The van der Waals surface area contributed by atoms with Crippen LogP contribution in [0, 0.1) is 0 Å². The zero-order valence-corrected chi connectivity index (χ0v) is 20.3. The summed E-state index contributed by atoms with van der Waals surface area (Å²) in [6.45, 7) is 4.01. The lowest BCUT2D eigenvalue weighted by Crippen LogP contribution is -2.24. The monoisotopic (exact) mass is 479 g/mol. The van der Waals surface area contributed by atoms with Crippen molar-refractivity contribution in [1.82, 2.24) is 14.8 Å². The van der Waals surface area contributed by atoms with Crippen molar-refractivity contribution < 1.29 is 0 Å². The molecule has 0 bridgehead atoms. The van der Waals surface area contributed by atoms with E-state index < -0.39 is 0 Å². The predicted molar refractivity (Wildman–Crippen MR) is 144 cm³/mol. The van der Waals surface area contributed by atoms with Crippen LogP contribution in [0.1, 0.15) is 19.3 Å². The molecule has 33 heavy (non-hydrogen) atoms. The summed E-state index contributed by atoms with van der Waals surface area (Å²) in [5.74, 6) is 0. The Balaban J connectivity index is 1.14. The summed E-state index contributed by atoms with van der Waals surface area (Å²) in [6, 6.07) is 15.7. The first-order valence-corrected chi connectivity index (χ1v) is 12.1. The molecule has 2 N–H and O–H groups in total. The molecule has 0 amide bonds. The number of rotatable bonds is 11. The van der Waals surface area contributed by atoms with E-state index in [1.165, 1.54) is 0 Å². The number of pyridine rings is 2. The van der Waals surface area contributed by atoms with Crippen LogP contribution < -0.4 is 10.6 Å². The molecule has 2 aromatic carbocycles. The molecule has 0 aliphatic rings. The molecule has 0 aliphatic carbocycles. The zero-order chi connectivity index (χ0) is 23.0. The second kappa shape index (κ2) is 11.5. The molecule has 4 aromatic rings. The fourth-order valence-electron chi connectivity index (χ4n) is 3.96. The minimum absolute atomic E-state index is 0.711. The van der Waals surface area contributed by atoms with Gasteiger partial charge in [-0.05, 0) is 80.9 Å². The fraction of sp³-hybridized carbons (Fsp3) is 0.280. The molecule has 5 nitrogen and oxygen atoms in total. The maximum atomic E-state index is 6.08. The van der Waals surface area contributed by atoms with Crippen molar-refractivity contribution >= 4 is 64.4 Å². The summed E-state index contributed by atoms with van der Waals surface area (Å²) in [7, 11) is 2.19. The van der Waals surface area contributed by atoms with E-state index in [1.807, 2.05) is 60.9 Å². The van der Waals surface area contributed by atoms with Crippen LogP contribution in [0.5, 0.6) is 0 Å². The van der Waals surface area contributed by atoms with Crippen molar-refractivity contribution in [3.63, 3.8) is 0 Å². The maximum absolute atomic E-state index is 6.08. The number of hydrogen-bond donors (Lipinski definition) is 2. The first kappa shape index (κ1) is 23.6.